The van der Waals surface area contributed by atoms with E-state index >= 15 is 0 Å². The Kier molecular flexibility index (Phi) is 3.91. The largest absolute Gasteiger partial charge is 0.493 e. The molecule has 26 heavy (non-hydrogen) atoms. The number of nitrogens with one attached hydrogen (secondary N) is 3. The van der Waals surface area contributed by atoms with Crippen molar-refractivity contribution in [2.45, 2.75) is 6.54 Å². The van der Waals surface area contributed by atoms with Crippen LogP contribution in [0, 0.1) is 11.6 Å². The lowest BCUT2D eigenvalue weighted by Crippen LogP contribution is -2.03. The van der Waals surface area contributed by atoms with E-state index in [2.05, 4.69) is 15.5 Å². The average molecular weight is 357 g/mol. The molecule has 0 aromatic heterocycles. The molecule has 1 aliphatic heterocycles. The Hall–Kier alpha value is -3.22. The van der Waals surface area contributed by atoms with Crippen molar-refractivity contribution < 1.29 is 18.3 Å². The van der Waals surface area contributed by atoms with Crippen LogP contribution < -0.4 is 14.8 Å². The molecule has 2 aliphatic rings. The highest BCUT2D eigenvalue weighted by Gasteiger charge is 2.19. The molecule has 0 radical (unpaired) electrons. The first-order valence-corrected chi connectivity index (χ1v) is 8.03. The maximum absolute atomic E-state index is 13.8. The molecule has 1 heterocycles. The van der Waals surface area contributed by atoms with E-state index in [0.717, 1.165) is 33.9 Å². The number of H-pyrrole nitrogens is 2. The van der Waals surface area contributed by atoms with Gasteiger partial charge in [0.25, 0.3) is 0 Å². The van der Waals surface area contributed by atoms with Crippen molar-refractivity contribution in [2.24, 2.45) is 0 Å². The zero-order valence-electron chi connectivity index (χ0n) is 14.2. The van der Waals surface area contributed by atoms with Crippen LogP contribution >= 0.6 is 0 Å². The van der Waals surface area contributed by atoms with Crippen molar-refractivity contribution in [1.29, 1.82) is 0 Å². The standard InChI is InChI=1S/C19H17F2N3O2/c1-25-16-6-11-5-14-18(13(11)8-17(16)26-2)23-24-19(14)22-9-10-3-4-12(20)7-15(10)21/h3-8,22-24H,9H2,1-2H3. The highest BCUT2D eigenvalue weighted by Crippen LogP contribution is 2.42. The lowest BCUT2D eigenvalue weighted by molar-refractivity contribution is 0.356. The summed E-state index contributed by atoms with van der Waals surface area (Å²) in [5, 5.41) is 11.3. The number of hydrogen-bond donors (Lipinski definition) is 3. The molecule has 2 aromatic rings. The number of anilines is 1. The number of aromatic nitrogens is 2. The Morgan fingerprint density at radius 2 is 1.73 bits per heavy atom. The van der Waals surface area contributed by atoms with Gasteiger partial charge < -0.3 is 14.8 Å². The summed E-state index contributed by atoms with van der Waals surface area (Å²) in [5.74, 6) is 0.848. The van der Waals surface area contributed by atoms with Gasteiger partial charge in [0, 0.05) is 29.1 Å². The normalized spacial score (nSPS) is 11.2. The molecule has 0 amide bonds. The van der Waals surface area contributed by atoms with Gasteiger partial charge in [-0.05, 0) is 29.7 Å². The maximum Gasteiger partial charge on any atom is 0.161 e. The predicted molar refractivity (Wildman–Crippen MR) is 96.1 cm³/mol. The number of halogens is 2. The van der Waals surface area contributed by atoms with Crippen LogP contribution in [0.1, 0.15) is 5.56 Å². The number of hydrogen-bond acceptors (Lipinski definition) is 3. The summed E-state index contributed by atoms with van der Waals surface area (Å²) in [4.78, 5) is 0. The Labute approximate surface area is 148 Å². The summed E-state index contributed by atoms with van der Waals surface area (Å²) >= 11 is 0. The average Bonchev–Trinajstić information content (AvgIpc) is 3.18. The molecular formula is C19H17F2N3O2. The highest BCUT2D eigenvalue weighted by molar-refractivity contribution is 6.05. The smallest absolute Gasteiger partial charge is 0.161 e. The van der Waals surface area contributed by atoms with Gasteiger partial charge in [-0.1, -0.05) is 6.07 Å². The third-order valence-corrected chi connectivity index (χ3v) is 4.45. The van der Waals surface area contributed by atoms with Crippen molar-refractivity contribution in [3.63, 3.8) is 0 Å². The first-order valence-electron chi connectivity index (χ1n) is 8.03. The fourth-order valence-electron chi connectivity index (χ4n) is 3.12. The van der Waals surface area contributed by atoms with E-state index in [1.54, 1.807) is 14.2 Å². The summed E-state index contributed by atoms with van der Waals surface area (Å²) in [6.07, 6.45) is 0. The van der Waals surface area contributed by atoms with E-state index in [4.69, 9.17) is 9.47 Å². The lowest BCUT2D eigenvalue weighted by Gasteiger charge is -2.07. The minimum atomic E-state index is -0.591. The second-order valence-electron chi connectivity index (χ2n) is 5.94. The number of fused-ring (bicyclic) bond motifs is 3. The molecule has 4 rings (SSSR count). The van der Waals surface area contributed by atoms with Crippen molar-refractivity contribution in [1.82, 2.24) is 10.2 Å². The van der Waals surface area contributed by atoms with Crippen molar-refractivity contribution in [2.75, 3.05) is 19.5 Å². The lowest BCUT2D eigenvalue weighted by atomic mass is 10.2. The van der Waals surface area contributed by atoms with Gasteiger partial charge in [0.2, 0.25) is 0 Å². The molecule has 0 spiro atoms. The quantitative estimate of drug-likeness (QED) is 0.492. The first kappa shape index (κ1) is 16.3. The third-order valence-electron chi connectivity index (χ3n) is 4.45. The minimum Gasteiger partial charge on any atom is -0.493 e. The SMILES string of the molecule is COc1cc2cc3c(NCc4ccc(F)cc4F)[nH][nH]c-3c2cc1OC. The van der Waals surface area contributed by atoms with Gasteiger partial charge in [-0.3, -0.25) is 10.2 Å². The van der Waals surface area contributed by atoms with E-state index in [1.165, 1.54) is 12.1 Å². The van der Waals surface area contributed by atoms with Crippen LogP contribution in [0.25, 0.3) is 22.0 Å². The summed E-state index contributed by atoms with van der Waals surface area (Å²) in [7, 11) is 3.19. The van der Waals surface area contributed by atoms with Crippen LogP contribution in [-0.2, 0) is 6.54 Å². The van der Waals surface area contributed by atoms with Crippen LogP contribution in [0.15, 0.2) is 36.4 Å². The van der Waals surface area contributed by atoms with Crippen LogP contribution in [0.5, 0.6) is 11.5 Å². The molecule has 0 unspecified atom stereocenters. The molecule has 0 atom stereocenters. The topological polar surface area (TPSA) is 62.1 Å². The van der Waals surface area contributed by atoms with E-state index in [9.17, 15) is 8.78 Å². The number of benzene rings is 2. The Balaban J connectivity index is 1.66. The molecule has 2 aromatic carbocycles. The molecule has 134 valence electrons. The second kappa shape index (κ2) is 6.25. The molecule has 1 aliphatic carbocycles. The van der Waals surface area contributed by atoms with E-state index in [1.807, 2.05) is 18.2 Å². The Morgan fingerprint density at radius 1 is 0.962 bits per heavy atom. The van der Waals surface area contributed by atoms with Gasteiger partial charge in [-0.2, -0.15) is 0 Å². The zero-order chi connectivity index (χ0) is 18.3. The van der Waals surface area contributed by atoms with E-state index < -0.39 is 11.6 Å². The van der Waals surface area contributed by atoms with Gasteiger partial charge in [0.05, 0.1) is 19.9 Å². The number of methoxy groups -OCH3 is 2. The second-order valence-corrected chi connectivity index (χ2v) is 5.94. The molecule has 3 N–H and O–H groups in total. The molecule has 5 nitrogen and oxygen atoms in total. The summed E-state index contributed by atoms with van der Waals surface area (Å²) < 4.78 is 37.5. The molecule has 0 fully saturated rings. The molecule has 7 heteroatoms. The number of rotatable bonds is 5. The fraction of sp³-hybridized carbons (Fsp3) is 0.158. The van der Waals surface area contributed by atoms with E-state index in [-0.39, 0.29) is 6.54 Å². The number of aromatic amines is 2. The van der Waals surface area contributed by atoms with Crippen LogP contribution in [0.4, 0.5) is 14.6 Å². The Bertz CT molecular complexity index is 1050. The van der Waals surface area contributed by atoms with Crippen LogP contribution in [0.2, 0.25) is 0 Å². The highest BCUT2D eigenvalue weighted by atomic mass is 19.1. The minimum absolute atomic E-state index is 0.226. The van der Waals surface area contributed by atoms with Crippen molar-refractivity contribution >= 4 is 16.6 Å². The maximum atomic E-state index is 13.8. The monoisotopic (exact) mass is 357 g/mol. The van der Waals surface area contributed by atoms with Gasteiger partial charge in [0.15, 0.2) is 11.5 Å². The molecule has 0 saturated carbocycles. The summed E-state index contributed by atoms with van der Waals surface area (Å²) in [6.45, 7) is 0.226. The van der Waals surface area contributed by atoms with Gasteiger partial charge in [0.1, 0.15) is 17.5 Å². The van der Waals surface area contributed by atoms with E-state index in [0.29, 0.717) is 17.1 Å². The van der Waals surface area contributed by atoms with Gasteiger partial charge in [-0.15, -0.1) is 0 Å². The van der Waals surface area contributed by atoms with Crippen molar-refractivity contribution in [3.8, 4) is 22.8 Å². The van der Waals surface area contributed by atoms with Gasteiger partial charge in [-0.25, -0.2) is 8.78 Å². The summed E-state index contributed by atoms with van der Waals surface area (Å²) in [5.41, 5.74) is 2.22. The Morgan fingerprint density at radius 3 is 2.46 bits per heavy atom. The van der Waals surface area contributed by atoms with Crippen molar-refractivity contribution in [3.05, 3.63) is 53.6 Å². The predicted octanol–water partition coefficient (Wildman–Crippen LogP) is 4.51. The third kappa shape index (κ3) is 2.61. The molecule has 0 saturated heterocycles. The number of ether oxygens (including phenoxy) is 2. The first-order chi connectivity index (χ1) is 12.6. The van der Waals surface area contributed by atoms with Crippen LogP contribution in [0.3, 0.4) is 0 Å². The zero-order valence-corrected chi connectivity index (χ0v) is 14.2. The molecule has 0 bridgehead atoms. The van der Waals surface area contributed by atoms with Gasteiger partial charge >= 0.3 is 0 Å². The van der Waals surface area contributed by atoms with Crippen LogP contribution in [-0.4, -0.2) is 24.4 Å². The fourth-order valence-corrected chi connectivity index (χ4v) is 3.12. The molecular weight excluding hydrogens is 340 g/mol. The summed E-state index contributed by atoms with van der Waals surface area (Å²) in [6, 6.07) is 9.37.